The normalized spacial score (nSPS) is 11.8. The summed E-state index contributed by atoms with van der Waals surface area (Å²) >= 11 is 13.7. The predicted octanol–water partition coefficient (Wildman–Crippen LogP) is 3.96. The third-order valence-corrected chi connectivity index (χ3v) is 3.81. The molecule has 0 fully saturated rings. The summed E-state index contributed by atoms with van der Waals surface area (Å²) in [6.45, 7) is 4.03. The van der Waals surface area contributed by atoms with Crippen LogP contribution in [0.3, 0.4) is 0 Å². The van der Waals surface area contributed by atoms with Gasteiger partial charge >= 0.3 is 0 Å². The van der Waals surface area contributed by atoms with Gasteiger partial charge in [0.1, 0.15) is 0 Å². The van der Waals surface area contributed by atoms with Gasteiger partial charge in [0.05, 0.1) is 0 Å². The summed E-state index contributed by atoms with van der Waals surface area (Å²) in [5, 5.41) is 1.49. The maximum Gasteiger partial charge on any atom is 0.0447 e. The van der Waals surface area contributed by atoms with Crippen molar-refractivity contribution in [3.05, 3.63) is 33.8 Å². The summed E-state index contributed by atoms with van der Waals surface area (Å²) in [7, 11) is 0. The van der Waals surface area contributed by atoms with Crippen molar-refractivity contribution in [1.82, 2.24) is 0 Å². The van der Waals surface area contributed by atoms with Crippen molar-refractivity contribution >= 4 is 35.0 Å². The molecular formula is C11H15Cl2NS. The Labute approximate surface area is 105 Å². The molecule has 84 valence electrons. The second-order valence-electron chi connectivity index (χ2n) is 4.22. The molecule has 0 aromatic heterocycles. The number of thioether (sulfide) groups is 1. The van der Waals surface area contributed by atoms with Gasteiger partial charge in [0.15, 0.2) is 0 Å². The summed E-state index contributed by atoms with van der Waals surface area (Å²) < 4.78 is 0. The van der Waals surface area contributed by atoms with Crippen molar-refractivity contribution in [3.63, 3.8) is 0 Å². The van der Waals surface area contributed by atoms with Crippen LogP contribution in [0.4, 0.5) is 0 Å². The smallest absolute Gasteiger partial charge is 0.0447 e. The maximum atomic E-state index is 6.04. The van der Waals surface area contributed by atoms with Crippen LogP contribution in [-0.2, 0) is 5.75 Å². The molecule has 4 heteroatoms. The van der Waals surface area contributed by atoms with Gasteiger partial charge < -0.3 is 5.73 Å². The molecule has 0 aliphatic heterocycles. The van der Waals surface area contributed by atoms with E-state index in [1.54, 1.807) is 17.8 Å². The van der Waals surface area contributed by atoms with E-state index in [1.165, 1.54) is 0 Å². The van der Waals surface area contributed by atoms with Gasteiger partial charge in [0.25, 0.3) is 0 Å². The van der Waals surface area contributed by atoms with E-state index in [0.717, 1.165) is 27.1 Å². The molecule has 0 unspecified atom stereocenters. The highest BCUT2D eigenvalue weighted by atomic mass is 35.5. The van der Waals surface area contributed by atoms with Crippen LogP contribution in [-0.4, -0.2) is 11.3 Å². The number of nitrogens with two attached hydrogens (primary N) is 1. The summed E-state index contributed by atoms with van der Waals surface area (Å²) in [6.07, 6.45) is 0. The molecule has 0 aliphatic rings. The summed E-state index contributed by atoms with van der Waals surface area (Å²) in [4.78, 5) is 0. The lowest BCUT2D eigenvalue weighted by atomic mass is 10.1. The van der Waals surface area contributed by atoms with Gasteiger partial charge in [-0.2, -0.15) is 11.8 Å². The standard InChI is InChI=1S/C11H15Cl2NS/c1-11(2,14)7-15-6-8-5-9(12)3-4-10(8)13/h3-5H,6-7,14H2,1-2H3. The maximum absolute atomic E-state index is 6.04. The van der Waals surface area contributed by atoms with Crippen LogP contribution in [0.2, 0.25) is 10.0 Å². The van der Waals surface area contributed by atoms with Crippen LogP contribution < -0.4 is 5.73 Å². The minimum Gasteiger partial charge on any atom is -0.325 e. The fourth-order valence-corrected chi connectivity index (χ4v) is 2.62. The zero-order valence-corrected chi connectivity index (χ0v) is 11.2. The Morgan fingerprint density at radius 2 is 2.00 bits per heavy atom. The van der Waals surface area contributed by atoms with E-state index in [2.05, 4.69) is 0 Å². The number of hydrogen-bond acceptors (Lipinski definition) is 2. The van der Waals surface area contributed by atoms with Crippen LogP contribution in [0.25, 0.3) is 0 Å². The van der Waals surface area contributed by atoms with E-state index in [1.807, 2.05) is 26.0 Å². The van der Waals surface area contributed by atoms with Crippen molar-refractivity contribution in [2.24, 2.45) is 5.73 Å². The fraction of sp³-hybridized carbons (Fsp3) is 0.455. The first-order valence-corrected chi connectivity index (χ1v) is 6.60. The summed E-state index contributed by atoms with van der Waals surface area (Å²) in [6, 6.07) is 5.53. The molecule has 1 aromatic rings. The molecule has 0 atom stereocenters. The molecular weight excluding hydrogens is 249 g/mol. The lowest BCUT2D eigenvalue weighted by Gasteiger charge is -2.17. The second-order valence-corrected chi connectivity index (χ2v) is 6.05. The fourth-order valence-electron chi connectivity index (χ4n) is 1.08. The number of halogens is 2. The van der Waals surface area contributed by atoms with Crippen molar-refractivity contribution in [2.75, 3.05) is 5.75 Å². The Hall–Kier alpha value is 0.110. The van der Waals surface area contributed by atoms with Crippen molar-refractivity contribution < 1.29 is 0 Å². The van der Waals surface area contributed by atoms with Crippen LogP contribution in [0.1, 0.15) is 19.4 Å². The Balaban J connectivity index is 2.54. The minimum absolute atomic E-state index is 0.143. The molecule has 0 saturated carbocycles. The van der Waals surface area contributed by atoms with E-state index in [0.29, 0.717) is 0 Å². The molecule has 1 aromatic carbocycles. The molecule has 0 bridgehead atoms. The molecule has 1 nitrogen and oxygen atoms in total. The average molecular weight is 264 g/mol. The quantitative estimate of drug-likeness (QED) is 0.890. The Morgan fingerprint density at radius 3 is 2.60 bits per heavy atom. The summed E-state index contributed by atoms with van der Waals surface area (Å²) in [5.74, 6) is 1.75. The third-order valence-electron chi connectivity index (χ3n) is 1.74. The van der Waals surface area contributed by atoms with Crippen LogP contribution in [0, 0.1) is 0 Å². The van der Waals surface area contributed by atoms with Gasteiger partial charge in [0, 0.05) is 27.1 Å². The van der Waals surface area contributed by atoms with Gasteiger partial charge in [0.2, 0.25) is 0 Å². The van der Waals surface area contributed by atoms with E-state index < -0.39 is 0 Å². The largest absolute Gasteiger partial charge is 0.325 e. The predicted molar refractivity (Wildman–Crippen MR) is 70.9 cm³/mol. The van der Waals surface area contributed by atoms with Crippen molar-refractivity contribution in [1.29, 1.82) is 0 Å². The van der Waals surface area contributed by atoms with Crippen molar-refractivity contribution in [3.8, 4) is 0 Å². The molecule has 1 rings (SSSR count). The lowest BCUT2D eigenvalue weighted by Crippen LogP contribution is -2.34. The monoisotopic (exact) mass is 263 g/mol. The van der Waals surface area contributed by atoms with Gasteiger partial charge in [-0.15, -0.1) is 0 Å². The topological polar surface area (TPSA) is 26.0 Å². The zero-order chi connectivity index (χ0) is 11.5. The first-order valence-electron chi connectivity index (χ1n) is 4.69. The third kappa shape index (κ3) is 5.12. The van der Waals surface area contributed by atoms with E-state index in [-0.39, 0.29) is 5.54 Å². The highest BCUT2D eigenvalue weighted by molar-refractivity contribution is 7.98. The molecule has 2 N–H and O–H groups in total. The zero-order valence-electron chi connectivity index (χ0n) is 8.89. The van der Waals surface area contributed by atoms with Gasteiger partial charge in [-0.25, -0.2) is 0 Å². The minimum atomic E-state index is -0.143. The van der Waals surface area contributed by atoms with Gasteiger partial charge in [-0.1, -0.05) is 23.2 Å². The second kappa shape index (κ2) is 5.44. The Kier molecular flexibility index (Phi) is 4.78. The number of hydrogen-bond donors (Lipinski definition) is 1. The highest BCUT2D eigenvalue weighted by Crippen LogP contribution is 2.25. The van der Waals surface area contributed by atoms with E-state index in [4.69, 9.17) is 28.9 Å². The van der Waals surface area contributed by atoms with Gasteiger partial charge in [-0.3, -0.25) is 0 Å². The van der Waals surface area contributed by atoms with E-state index in [9.17, 15) is 0 Å². The molecule has 0 radical (unpaired) electrons. The highest BCUT2D eigenvalue weighted by Gasteiger charge is 2.11. The van der Waals surface area contributed by atoms with Crippen LogP contribution >= 0.6 is 35.0 Å². The molecule has 0 spiro atoms. The van der Waals surface area contributed by atoms with Crippen molar-refractivity contribution in [2.45, 2.75) is 25.1 Å². The molecule has 0 saturated heterocycles. The molecule has 0 amide bonds. The van der Waals surface area contributed by atoms with E-state index >= 15 is 0 Å². The first kappa shape index (κ1) is 13.2. The van der Waals surface area contributed by atoms with Crippen LogP contribution in [0.15, 0.2) is 18.2 Å². The molecule has 0 heterocycles. The Morgan fingerprint density at radius 1 is 1.33 bits per heavy atom. The molecule has 15 heavy (non-hydrogen) atoms. The SMILES string of the molecule is CC(C)(N)CSCc1cc(Cl)ccc1Cl. The lowest BCUT2D eigenvalue weighted by molar-refractivity contribution is 0.591. The summed E-state index contributed by atoms with van der Waals surface area (Å²) in [5.41, 5.74) is 6.81. The number of rotatable bonds is 4. The first-order chi connectivity index (χ1) is 6.88. The van der Waals surface area contributed by atoms with Crippen LogP contribution in [0.5, 0.6) is 0 Å². The van der Waals surface area contributed by atoms with Gasteiger partial charge in [-0.05, 0) is 37.6 Å². The average Bonchev–Trinajstić information content (AvgIpc) is 2.09. The molecule has 0 aliphatic carbocycles. The number of benzene rings is 1. The Bertz CT molecular complexity index is 334.